The van der Waals surface area contributed by atoms with Crippen LogP contribution >= 0.6 is 0 Å². The summed E-state index contributed by atoms with van der Waals surface area (Å²) in [4.78, 5) is 19.7. The fraction of sp³-hybridized carbons (Fsp3) is 0.167. The van der Waals surface area contributed by atoms with Crippen molar-refractivity contribution < 1.29 is 9.13 Å². The first kappa shape index (κ1) is 16.1. The number of pyridine rings is 2. The molecule has 0 bridgehead atoms. The molecule has 0 saturated carbocycles. The molecule has 7 nitrogen and oxygen atoms in total. The van der Waals surface area contributed by atoms with Gasteiger partial charge in [0.05, 0.1) is 35.6 Å². The van der Waals surface area contributed by atoms with Crippen LogP contribution < -0.4 is 16.0 Å². The van der Waals surface area contributed by atoms with E-state index < -0.39 is 11.4 Å². The van der Waals surface area contributed by atoms with Gasteiger partial charge in [0.1, 0.15) is 22.8 Å². The summed E-state index contributed by atoms with van der Waals surface area (Å²) < 4.78 is 19.6. The Morgan fingerprint density at radius 3 is 2.69 bits per heavy atom. The number of halogens is 1. The van der Waals surface area contributed by atoms with E-state index in [9.17, 15) is 9.18 Å². The van der Waals surface area contributed by atoms with Gasteiger partial charge in [0.25, 0.3) is 5.56 Å². The predicted molar refractivity (Wildman–Crippen MR) is 97.8 cm³/mol. The summed E-state index contributed by atoms with van der Waals surface area (Å²) in [6, 6.07) is 2.90. The van der Waals surface area contributed by atoms with Gasteiger partial charge in [-0.05, 0) is 25.5 Å². The van der Waals surface area contributed by atoms with Crippen molar-refractivity contribution in [1.82, 2.24) is 20.2 Å². The zero-order chi connectivity index (χ0) is 18.6. The second-order valence-electron chi connectivity index (χ2n) is 6.06. The molecule has 0 spiro atoms. The Morgan fingerprint density at radius 1 is 1.19 bits per heavy atom. The number of hydrogen-bond acceptors (Lipinski definition) is 5. The number of hydrogen-bond donors (Lipinski definition) is 3. The van der Waals surface area contributed by atoms with Gasteiger partial charge < -0.3 is 15.5 Å². The lowest BCUT2D eigenvalue weighted by Crippen LogP contribution is -2.15. The highest BCUT2D eigenvalue weighted by Crippen LogP contribution is 2.41. The van der Waals surface area contributed by atoms with E-state index in [4.69, 9.17) is 10.5 Å². The lowest BCUT2D eigenvalue weighted by atomic mass is 9.95. The molecule has 0 atom stereocenters. The topological polar surface area (TPSA) is 110 Å². The fourth-order valence-electron chi connectivity index (χ4n) is 3.40. The maximum absolute atomic E-state index is 14.1. The maximum Gasteiger partial charge on any atom is 0.272 e. The average Bonchev–Trinajstić information content (AvgIpc) is 3.09. The van der Waals surface area contributed by atoms with Crippen molar-refractivity contribution in [2.24, 2.45) is 0 Å². The van der Waals surface area contributed by atoms with Crippen molar-refractivity contribution in [2.45, 2.75) is 13.8 Å². The molecule has 4 aromatic rings. The van der Waals surface area contributed by atoms with E-state index in [1.54, 1.807) is 13.0 Å². The number of aromatic amines is 2. The molecule has 0 fully saturated rings. The van der Waals surface area contributed by atoms with Crippen molar-refractivity contribution in [2.75, 3.05) is 12.8 Å². The Hall–Kier alpha value is -3.42. The molecule has 26 heavy (non-hydrogen) atoms. The molecule has 0 aliphatic carbocycles. The second-order valence-corrected chi connectivity index (χ2v) is 6.06. The number of aromatic nitrogens is 4. The van der Waals surface area contributed by atoms with E-state index in [1.807, 2.05) is 6.92 Å². The smallest absolute Gasteiger partial charge is 0.272 e. The molecule has 4 N–H and O–H groups in total. The van der Waals surface area contributed by atoms with Crippen molar-refractivity contribution in [3.8, 4) is 16.9 Å². The number of nitrogens with zero attached hydrogens (tertiary/aromatic N) is 2. The Balaban J connectivity index is 2.29. The molecular weight excluding hydrogens is 337 g/mol. The number of nitrogens with one attached hydrogen (secondary N) is 2. The molecule has 0 aliphatic heterocycles. The lowest BCUT2D eigenvalue weighted by Gasteiger charge is -2.16. The molecular formula is C18H16FN5O2. The highest BCUT2D eigenvalue weighted by Gasteiger charge is 2.22. The third-order valence-electron chi connectivity index (χ3n) is 4.54. The number of fused-ring (bicyclic) bond motifs is 2. The molecule has 0 saturated heterocycles. The molecule has 0 aliphatic rings. The van der Waals surface area contributed by atoms with E-state index in [-0.39, 0.29) is 11.2 Å². The Kier molecular flexibility index (Phi) is 3.43. The number of nitrogens with two attached hydrogens (primary N) is 1. The van der Waals surface area contributed by atoms with E-state index >= 15 is 0 Å². The van der Waals surface area contributed by atoms with Gasteiger partial charge in [-0.15, -0.1) is 0 Å². The van der Waals surface area contributed by atoms with Crippen molar-refractivity contribution >= 4 is 27.5 Å². The molecule has 132 valence electrons. The van der Waals surface area contributed by atoms with Crippen molar-refractivity contribution in [1.29, 1.82) is 0 Å². The monoisotopic (exact) mass is 353 g/mol. The maximum atomic E-state index is 14.1. The fourth-order valence-corrected chi connectivity index (χ4v) is 3.40. The summed E-state index contributed by atoms with van der Waals surface area (Å²) in [5, 5.41) is 7.71. The lowest BCUT2D eigenvalue weighted by molar-refractivity contribution is 0.414. The minimum atomic E-state index is -0.440. The zero-order valence-electron chi connectivity index (χ0n) is 14.4. The highest BCUT2D eigenvalue weighted by molar-refractivity contribution is 6.10. The van der Waals surface area contributed by atoms with Crippen LogP contribution in [0.4, 0.5) is 10.1 Å². The molecule has 1 aromatic carbocycles. The first-order valence-corrected chi connectivity index (χ1v) is 7.92. The van der Waals surface area contributed by atoms with Crippen LogP contribution in [0.25, 0.3) is 32.9 Å². The van der Waals surface area contributed by atoms with Crippen LogP contribution in [0.15, 0.2) is 23.1 Å². The van der Waals surface area contributed by atoms with Gasteiger partial charge in [-0.25, -0.2) is 4.39 Å². The summed E-state index contributed by atoms with van der Waals surface area (Å²) in [6.45, 7) is 3.61. The van der Waals surface area contributed by atoms with Crippen molar-refractivity contribution in [3.63, 3.8) is 0 Å². The number of nitrogen functional groups attached to an aromatic ring is 1. The molecule has 8 heteroatoms. The molecule has 4 rings (SSSR count). The van der Waals surface area contributed by atoms with Crippen LogP contribution in [0.5, 0.6) is 5.75 Å². The number of H-pyrrole nitrogens is 2. The van der Waals surface area contributed by atoms with Gasteiger partial charge in [0.15, 0.2) is 0 Å². The average molecular weight is 353 g/mol. The number of rotatable bonds is 2. The summed E-state index contributed by atoms with van der Waals surface area (Å²) in [7, 11) is 1.53. The normalized spacial score (nSPS) is 11.4. The predicted octanol–water partition coefficient (Wildman–Crippen LogP) is 2.81. The molecule has 0 unspecified atom stereocenters. The van der Waals surface area contributed by atoms with Crippen LogP contribution in [0.2, 0.25) is 0 Å². The van der Waals surface area contributed by atoms with Crippen LogP contribution in [-0.2, 0) is 0 Å². The van der Waals surface area contributed by atoms with Crippen LogP contribution in [0, 0.1) is 19.7 Å². The highest BCUT2D eigenvalue weighted by atomic mass is 19.1. The van der Waals surface area contributed by atoms with E-state index in [1.165, 1.54) is 19.4 Å². The third-order valence-corrected chi connectivity index (χ3v) is 4.54. The molecule has 0 amide bonds. The standard InChI is InChI=1S/C18H16FN5O2/c1-7-15-13(17(26-3)8(2)22-7)12(14(20)18(25)23-15)9-4-5-11(19)16-10(9)6-21-24-16/h4-6H,20H2,1-3H3,(H,21,24)(H,23,25). The van der Waals surface area contributed by atoms with Gasteiger partial charge in [-0.3, -0.25) is 14.9 Å². The number of ether oxygens (including phenoxy) is 1. The van der Waals surface area contributed by atoms with Gasteiger partial charge in [-0.1, -0.05) is 6.07 Å². The molecule has 0 radical (unpaired) electrons. The van der Waals surface area contributed by atoms with E-state index in [2.05, 4.69) is 20.2 Å². The van der Waals surface area contributed by atoms with Crippen LogP contribution in [0.3, 0.4) is 0 Å². The minimum absolute atomic E-state index is 0.0231. The Morgan fingerprint density at radius 2 is 1.96 bits per heavy atom. The molecule has 3 heterocycles. The Labute approximate surface area is 147 Å². The first-order chi connectivity index (χ1) is 12.4. The molecule has 3 aromatic heterocycles. The first-order valence-electron chi connectivity index (χ1n) is 7.92. The van der Waals surface area contributed by atoms with Gasteiger partial charge >= 0.3 is 0 Å². The number of benzene rings is 1. The largest absolute Gasteiger partial charge is 0.494 e. The summed E-state index contributed by atoms with van der Waals surface area (Å²) in [5.74, 6) is 0.0690. The van der Waals surface area contributed by atoms with Crippen molar-refractivity contribution in [3.05, 3.63) is 45.9 Å². The van der Waals surface area contributed by atoms with Crippen LogP contribution in [0.1, 0.15) is 11.4 Å². The van der Waals surface area contributed by atoms with Gasteiger partial charge in [0, 0.05) is 10.9 Å². The van der Waals surface area contributed by atoms with Gasteiger partial charge in [0.2, 0.25) is 0 Å². The summed E-state index contributed by atoms with van der Waals surface area (Å²) in [6.07, 6.45) is 1.51. The quantitative estimate of drug-likeness (QED) is 0.513. The summed E-state index contributed by atoms with van der Waals surface area (Å²) >= 11 is 0. The third kappa shape index (κ3) is 2.08. The van der Waals surface area contributed by atoms with E-state index in [0.717, 1.165) is 0 Å². The summed E-state index contributed by atoms with van der Waals surface area (Å²) in [5.41, 5.74) is 8.88. The zero-order valence-corrected chi connectivity index (χ0v) is 14.4. The SMILES string of the molecule is COc1c(C)nc(C)c2[nH]c(=O)c(N)c(-c3ccc(F)c4[nH]ncc34)c12. The number of anilines is 1. The van der Waals surface area contributed by atoms with Crippen LogP contribution in [-0.4, -0.2) is 27.3 Å². The Bertz CT molecular complexity index is 1240. The number of aryl methyl sites for hydroxylation is 2. The number of methoxy groups -OCH3 is 1. The second kappa shape index (κ2) is 5.55. The van der Waals surface area contributed by atoms with E-state index in [0.29, 0.717) is 44.6 Å². The minimum Gasteiger partial charge on any atom is -0.494 e. The van der Waals surface area contributed by atoms with Gasteiger partial charge in [-0.2, -0.15) is 5.10 Å².